The van der Waals surface area contributed by atoms with Gasteiger partial charge in [0, 0.05) is 25.5 Å². The van der Waals surface area contributed by atoms with Gasteiger partial charge in [-0.05, 0) is 30.7 Å². The third kappa shape index (κ3) is 4.90. The van der Waals surface area contributed by atoms with Crippen LogP contribution in [0.25, 0.3) is 11.4 Å². The summed E-state index contributed by atoms with van der Waals surface area (Å²) in [4.78, 5) is 29.3. The number of amides is 1. The van der Waals surface area contributed by atoms with Gasteiger partial charge in [-0.2, -0.15) is 0 Å². The lowest BCUT2D eigenvalue weighted by Gasteiger charge is -2.17. The molecule has 4 rings (SSSR count). The van der Waals surface area contributed by atoms with Crippen molar-refractivity contribution in [2.45, 2.75) is 6.92 Å². The molecule has 0 bridgehead atoms. The molecule has 3 heterocycles. The van der Waals surface area contributed by atoms with Crippen LogP contribution < -0.4 is 20.7 Å². The summed E-state index contributed by atoms with van der Waals surface area (Å²) in [6, 6.07) is 10.8. The molecule has 0 unspecified atom stereocenters. The first-order chi connectivity index (χ1) is 16.5. The van der Waals surface area contributed by atoms with E-state index in [0.29, 0.717) is 45.7 Å². The van der Waals surface area contributed by atoms with Gasteiger partial charge in [-0.15, -0.1) is 0 Å². The maximum Gasteiger partial charge on any atom is 0.254 e. The molecule has 0 aliphatic carbocycles. The molecule has 34 heavy (non-hydrogen) atoms. The van der Waals surface area contributed by atoms with Crippen molar-refractivity contribution in [2.24, 2.45) is 0 Å². The Kier molecular flexibility index (Phi) is 6.58. The van der Waals surface area contributed by atoms with Crippen LogP contribution in [0.15, 0.2) is 61.2 Å². The fourth-order valence-electron chi connectivity index (χ4n) is 3.24. The number of nitrogens with zero attached hydrogens (tertiary/aromatic N) is 4. The summed E-state index contributed by atoms with van der Waals surface area (Å²) < 4.78 is 18.9. The molecule has 0 aliphatic rings. The molecule has 0 spiro atoms. The van der Waals surface area contributed by atoms with E-state index in [4.69, 9.17) is 4.74 Å². The number of hydrogen-bond donors (Lipinski definition) is 3. The third-order valence-electron chi connectivity index (χ3n) is 4.89. The van der Waals surface area contributed by atoms with Gasteiger partial charge in [-0.25, -0.2) is 24.3 Å². The highest BCUT2D eigenvalue weighted by Gasteiger charge is 2.17. The number of anilines is 4. The van der Waals surface area contributed by atoms with Crippen molar-refractivity contribution in [3.05, 3.63) is 78.1 Å². The van der Waals surface area contributed by atoms with E-state index in [2.05, 4.69) is 35.9 Å². The first kappa shape index (κ1) is 22.6. The molecular weight excluding hydrogens is 437 g/mol. The van der Waals surface area contributed by atoms with Gasteiger partial charge in [0.1, 0.15) is 11.6 Å². The van der Waals surface area contributed by atoms with Crippen molar-refractivity contribution in [2.75, 3.05) is 24.8 Å². The fourth-order valence-corrected chi connectivity index (χ4v) is 3.24. The largest absolute Gasteiger partial charge is 0.494 e. The van der Waals surface area contributed by atoms with E-state index < -0.39 is 5.82 Å². The normalized spacial score (nSPS) is 10.5. The van der Waals surface area contributed by atoms with E-state index >= 15 is 0 Å². The lowest BCUT2D eigenvalue weighted by molar-refractivity contribution is 0.0963. The maximum atomic E-state index is 13.3. The number of pyridine rings is 2. The minimum absolute atomic E-state index is 0.302. The Bertz CT molecular complexity index is 1310. The van der Waals surface area contributed by atoms with Crippen molar-refractivity contribution >= 4 is 28.9 Å². The maximum absolute atomic E-state index is 13.3. The zero-order valence-corrected chi connectivity index (χ0v) is 18.8. The Hall–Kier alpha value is -4.60. The molecule has 1 amide bonds. The molecule has 0 saturated heterocycles. The van der Waals surface area contributed by atoms with Gasteiger partial charge in [-0.3, -0.25) is 4.79 Å². The molecular formula is C24H22FN7O2. The van der Waals surface area contributed by atoms with Crippen LogP contribution in [0.5, 0.6) is 5.75 Å². The van der Waals surface area contributed by atoms with E-state index in [0.717, 1.165) is 18.0 Å². The van der Waals surface area contributed by atoms with Crippen LogP contribution in [0.2, 0.25) is 0 Å². The standard InChI is InChI=1S/C24H22FN7O2/c1-14-7-8-20(27-10-14)32-21-9-19(17(13-28-21)24(33)26-2)31-18-6-4-5-16(22(18)34-3)23-29-11-15(25)12-30-23/h4-13H,1-3H3,(H,26,33)(H2,27,28,31,32). The van der Waals surface area contributed by atoms with Gasteiger partial charge in [-0.1, -0.05) is 12.1 Å². The highest BCUT2D eigenvalue weighted by molar-refractivity contribution is 6.00. The predicted octanol–water partition coefficient (Wildman–Crippen LogP) is 4.24. The number of carbonyl (C=O) groups excluding carboxylic acids is 1. The molecule has 10 heteroatoms. The summed E-state index contributed by atoms with van der Waals surface area (Å²) in [6.07, 6.45) is 5.39. The molecule has 172 valence electrons. The Balaban J connectivity index is 1.73. The topological polar surface area (TPSA) is 114 Å². The minimum Gasteiger partial charge on any atom is -0.494 e. The first-order valence-electron chi connectivity index (χ1n) is 10.3. The van der Waals surface area contributed by atoms with E-state index in [1.807, 2.05) is 19.1 Å². The summed E-state index contributed by atoms with van der Waals surface area (Å²) in [5, 5.41) is 9.00. The van der Waals surface area contributed by atoms with Crippen LogP contribution in [0, 0.1) is 12.7 Å². The molecule has 0 fully saturated rings. The van der Waals surface area contributed by atoms with E-state index in [1.54, 1.807) is 37.5 Å². The van der Waals surface area contributed by atoms with Crippen molar-refractivity contribution in [3.63, 3.8) is 0 Å². The van der Waals surface area contributed by atoms with Crippen LogP contribution in [0.1, 0.15) is 15.9 Å². The second kappa shape index (κ2) is 9.90. The average molecular weight is 459 g/mol. The first-order valence-corrected chi connectivity index (χ1v) is 10.3. The van der Waals surface area contributed by atoms with Crippen molar-refractivity contribution in [1.29, 1.82) is 0 Å². The van der Waals surface area contributed by atoms with Gasteiger partial charge in [0.25, 0.3) is 5.91 Å². The van der Waals surface area contributed by atoms with Gasteiger partial charge in [0.15, 0.2) is 17.4 Å². The number of methoxy groups -OCH3 is 1. The number of ether oxygens (including phenoxy) is 1. The minimum atomic E-state index is -0.535. The summed E-state index contributed by atoms with van der Waals surface area (Å²) in [6.45, 7) is 1.95. The molecule has 0 radical (unpaired) electrons. The number of aromatic nitrogens is 4. The predicted molar refractivity (Wildman–Crippen MR) is 127 cm³/mol. The molecule has 0 saturated carbocycles. The van der Waals surface area contributed by atoms with Gasteiger partial charge < -0.3 is 20.7 Å². The van der Waals surface area contributed by atoms with E-state index in [9.17, 15) is 9.18 Å². The van der Waals surface area contributed by atoms with Gasteiger partial charge in [0.05, 0.1) is 42.0 Å². The molecule has 3 N–H and O–H groups in total. The lowest BCUT2D eigenvalue weighted by Crippen LogP contribution is -2.19. The molecule has 1 aromatic carbocycles. The van der Waals surface area contributed by atoms with E-state index in [-0.39, 0.29) is 5.91 Å². The Morgan fingerprint density at radius 2 is 1.68 bits per heavy atom. The summed E-state index contributed by atoms with van der Waals surface area (Å²) >= 11 is 0. The summed E-state index contributed by atoms with van der Waals surface area (Å²) in [5.74, 6) is 0.992. The highest BCUT2D eigenvalue weighted by atomic mass is 19.1. The second-order valence-corrected chi connectivity index (χ2v) is 7.28. The number of aryl methyl sites for hydroxylation is 1. The number of carbonyl (C=O) groups is 1. The zero-order valence-electron chi connectivity index (χ0n) is 18.8. The molecule has 0 atom stereocenters. The van der Waals surface area contributed by atoms with Crippen LogP contribution in [-0.4, -0.2) is 40.0 Å². The van der Waals surface area contributed by atoms with Crippen LogP contribution in [0.4, 0.5) is 27.4 Å². The summed E-state index contributed by atoms with van der Waals surface area (Å²) in [5.41, 5.74) is 2.97. The Morgan fingerprint density at radius 1 is 0.912 bits per heavy atom. The van der Waals surface area contributed by atoms with Crippen LogP contribution >= 0.6 is 0 Å². The highest BCUT2D eigenvalue weighted by Crippen LogP contribution is 2.37. The number of benzene rings is 1. The van der Waals surface area contributed by atoms with Crippen LogP contribution in [-0.2, 0) is 0 Å². The smallest absolute Gasteiger partial charge is 0.254 e. The lowest BCUT2D eigenvalue weighted by atomic mass is 10.1. The second-order valence-electron chi connectivity index (χ2n) is 7.28. The average Bonchev–Trinajstić information content (AvgIpc) is 2.85. The number of halogens is 1. The van der Waals surface area contributed by atoms with Crippen LogP contribution in [0.3, 0.4) is 0 Å². The van der Waals surface area contributed by atoms with Crippen molar-refractivity contribution < 1.29 is 13.9 Å². The molecule has 9 nitrogen and oxygen atoms in total. The Labute approximate surface area is 195 Å². The van der Waals surface area contributed by atoms with Crippen molar-refractivity contribution in [3.8, 4) is 17.1 Å². The van der Waals surface area contributed by atoms with Gasteiger partial charge in [0.2, 0.25) is 0 Å². The van der Waals surface area contributed by atoms with Crippen molar-refractivity contribution in [1.82, 2.24) is 25.3 Å². The number of hydrogen-bond acceptors (Lipinski definition) is 8. The Morgan fingerprint density at radius 3 is 2.35 bits per heavy atom. The fraction of sp³-hybridized carbons (Fsp3) is 0.125. The molecule has 0 aliphatic heterocycles. The third-order valence-corrected chi connectivity index (χ3v) is 4.89. The SMILES string of the molecule is CNC(=O)c1cnc(Nc2ccc(C)cn2)cc1Nc1cccc(-c2ncc(F)cn2)c1OC. The summed E-state index contributed by atoms with van der Waals surface area (Å²) in [7, 11) is 3.05. The quantitative estimate of drug-likeness (QED) is 0.376. The molecule has 3 aromatic heterocycles. The van der Waals surface area contributed by atoms with Gasteiger partial charge >= 0.3 is 0 Å². The number of para-hydroxylation sites is 1. The molecule has 4 aromatic rings. The van der Waals surface area contributed by atoms with E-state index in [1.165, 1.54) is 13.3 Å². The number of rotatable bonds is 7. The number of nitrogens with one attached hydrogen (secondary N) is 3. The monoisotopic (exact) mass is 459 g/mol. The zero-order chi connectivity index (χ0) is 24.1.